The lowest BCUT2D eigenvalue weighted by Gasteiger charge is -2.30. The van der Waals surface area contributed by atoms with Crippen LogP contribution in [0.4, 0.5) is 0 Å². The van der Waals surface area contributed by atoms with Crippen LogP contribution in [-0.4, -0.2) is 51.8 Å². The maximum absolute atomic E-state index is 13.2. The molecule has 0 aliphatic heterocycles. The zero-order valence-electron chi connectivity index (χ0n) is 24.9. The average molecular weight is 577 g/mol. The number of hydrogen-bond donors (Lipinski definition) is 5. The SMILES string of the molecule is CC(C)CC(NC(=O)C(O)c1cccc2ccccc12)C(O)CC(C(=O)NCCCc1ccc(C(=O)O)cc1)C(C)C. The van der Waals surface area contributed by atoms with Gasteiger partial charge in [-0.15, -0.1) is 0 Å². The Kier molecular flexibility index (Phi) is 12.1. The molecule has 42 heavy (non-hydrogen) atoms. The fourth-order valence-electron chi connectivity index (χ4n) is 5.27. The number of carbonyl (C=O) groups excluding carboxylic acids is 2. The van der Waals surface area contributed by atoms with Gasteiger partial charge in [0.05, 0.1) is 17.7 Å². The van der Waals surface area contributed by atoms with Gasteiger partial charge in [0.25, 0.3) is 5.91 Å². The summed E-state index contributed by atoms with van der Waals surface area (Å²) in [4.78, 5) is 37.3. The second-order valence-electron chi connectivity index (χ2n) is 11.8. The average Bonchev–Trinajstić information content (AvgIpc) is 2.96. The summed E-state index contributed by atoms with van der Waals surface area (Å²) in [5.74, 6) is -2.06. The highest BCUT2D eigenvalue weighted by Crippen LogP contribution is 2.26. The minimum atomic E-state index is -1.40. The van der Waals surface area contributed by atoms with Crippen molar-refractivity contribution in [1.29, 1.82) is 0 Å². The Hall–Kier alpha value is -3.75. The van der Waals surface area contributed by atoms with E-state index >= 15 is 0 Å². The van der Waals surface area contributed by atoms with Gasteiger partial charge in [-0.05, 0) is 71.6 Å². The first-order chi connectivity index (χ1) is 20.0. The second kappa shape index (κ2) is 15.5. The normalized spacial score (nSPS) is 14.4. The van der Waals surface area contributed by atoms with E-state index in [1.165, 1.54) is 0 Å². The topological polar surface area (TPSA) is 136 Å². The van der Waals surface area contributed by atoms with Crippen LogP contribution in [-0.2, 0) is 16.0 Å². The number of aromatic carboxylic acids is 1. The van der Waals surface area contributed by atoms with Crippen molar-refractivity contribution in [2.45, 2.75) is 71.6 Å². The van der Waals surface area contributed by atoms with Crippen molar-refractivity contribution in [3.63, 3.8) is 0 Å². The third-order valence-electron chi connectivity index (χ3n) is 7.66. The molecule has 8 heteroatoms. The first-order valence-electron chi connectivity index (χ1n) is 14.7. The molecule has 4 atom stereocenters. The van der Waals surface area contributed by atoms with Gasteiger partial charge in [-0.2, -0.15) is 0 Å². The summed E-state index contributed by atoms with van der Waals surface area (Å²) >= 11 is 0. The van der Waals surface area contributed by atoms with Crippen molar-refractivity contribution in [1.82, 2.24) is 10.6 Å². The van der Waals surface area contributed by atoms with Crippen molar-refractivity contribution >= 4 is 28.6 Å². The first-order valence-corrected chi connectivity index (χ1v) is 14.7. The minimum absolute atomic E-state index is 0.0418. The number of carboxylic acid groups (broad SMARTS) is 1. The van der Waals surface area contributed by atoms with Gasteiger partial charge in [-0.1, -0.05) is 82.3 Å². The molecule has 0 radical (unpaired) electrons. The van der Waals surface area contributed by atoms with Gasteiger partial charge in [0.2, 0.25) is 5.91 Å². The number of aryl methyl sites for hydroxylation is 1. The molecular formula is C34H44N2O6. The van der Waals surface area contributed by atoms with E-state index in [9.17, 15) is 24.6 Å². The third-order valence-corrected chi connectivity index (χ3v) is 7.66. The predicted octanol–water partition coefficient (Wildman–Crippen LogP) is 4.87. The van der Waals surface area contributed by atoms with Crippen LogP contribution in [0.3, 0.4) is 0 Å². The number of carboxylic acids is 1. The third kappa shape index (κ3) is 9.13. The predicted molar refractivity (Wildman–Crippen MR) is 164 cm³/mol. The van der Waals surface area contributed by atoms with Crippen LogP contribution < -0.4 is 10.6 Å². The molecule has 3 aromatic rings. The van der Waals surface area contributed by atoms with Crippen LogP contribution in [0.1, 0.15) is 74.5 Å². The summed E-state index contributed by atoms with van der Waals surface area (Å²) in [7, 11) is 0. The molecule has 0 aliphatic rings. The van der Waals surface area contributed by atoms with Gasteiger partial charge in [0, 0.05) is 12.5 Å². The number of benzene rings is 3. The van der Waals surface area contributed by atoms with Gasteiger partial charge >= 0.3 is 5.97 Å². The number of aliphatic hydroxyl groups is 2. The van der Waals surface area contributed by atoms with Gasteiger partial charge < -0.3 is 26.0 Å². The summed E-state index contributed by atoms with van der Waals surface area (Å²) in [6.07, 6.45) is -0.352. The Balaban J connectivity index is 1.60. The Bertz CT molecular complexity index is 1330. The molecule has 0 aliphatic carbocycles. The van der Waals surface area contributed by atoms with Crippen molar-refractivity contribution in [3.05, 3.63) is 83.4 Å². The fraction of sp³-hybridized carbons (Fsp3) is 0.441. The van der Waals surface area contributed by atoms with Gasteiger partial charge in [0.1, 0.15) is 0 Å². The summed E-state index contributed by atoms with van der Waals surface area (Å²) in [6.45, 7) is 8.30. The van der Waals surface area contributed by atoms with Crippen LogP contribution in [0, 0.1) is 17.8 Å². The minimum Gasteiger partial charge on any atom is -0.478 e. The first kappa shape index (κ1) is 32.8. The van der Waals surface area contributed by atoms with Crippen molar-refractivity contribution < 1.29 is 29.7 Å². The number of nitrogens with one attached hydrogen (secondary N) is 2. The number of rotatable bonds is 15. The van der Waals surface area contributed by atoms with Gasteiger partial charge in [-0.25, -0.2) is 4.79 Å². The van der Waals surface area contributed by atoms with E-state index in [0.717, 1.165) is 16.3 Å². The van der Waals surface area contributed by atoms with E-state index in [2.05, 4.69) is 10.6 Å². The zero-order chi connectivity index (χ0) is 30.8. The molecule has 8 nitrogen and oxygen atoms in total. The van der Waals surface area contributed by atoms with Crippen LogP contribution in [0.2, 0.25) is 0 Å². The zero-order valence-corrected chi connectivity index (χ0v) is 24.9. The maximum Gasteiger partial charge on any atom is 0.335 e. The van der Waals surface area contributed by atoms with E-state index in [1.807, 2.05) is 58.0 Å². The number of fused-ring (bicyclic) bond motifs is 1. The number of carbonyl (C=O) groups is 3. The summed E-state index contributed by atoms with van der Waals surface area (Å²) in [5, 5.41) is 38.8. The van der Waals surface area contributed by atoms with Crippen LogP contribution in [0.15, 0.2) is 66.7 Å². The molecule has 3 rings (SSSR count). The van der Waals surface area contributed by atoms with Crippen LogP contribution in [0.25, 0.3) is 10.8 Å². The monoisotopic (exact) mass is 576 g/mol. The maximum atomic E-state index is 13.2. The van der Waals surface area contributed by atoms with E-state index in [1.54, 1.807) is 36.4 Å². The molecule has 5 N–H and O–H groups in total. The van der Waals surface area contributed by atoms with E-state index in [4.69, 9.17) is 5.11 Å². The largest absolute Gasteiger partial charge is 0.478 e. The molecule has 0 aromatic heterocycles. The molecule has 226 valence electrons. The Morgan fingerprint density at radius 1 is 0.810 bits per heavy atom. The van der Waals surface area contributed by atoms with E-state index < -0.39 is 36.0 Å². The lowest BCUT2D eigenvalue weighted by atomic mass is 9.85. The quantitative estimate of drug-likeness (QED) is 0.164. The molecule has 0 saturated carbocycles. The summed E-state index contributed by atoms with van der Waals surface area (Å²) in [5.41, 5.74) is 1.73. The lowest BCUT2D eigenvalue weighted by molar-refractivity contribution is -0.131. The molecule has 0 fully saturated rings. The highest BCUT2D eigenvalue weighted by molar-refractivity contribution is 5.92. The standard InChI is InChI=1S/C34H44N2O6/c1-21(2)19-29(36-33(40)31(38)27-13-7-11-24-10-5-6-12-26(24)27)30(37)20-28(22(3)4)32(39)35-18-8-9-23-14-16-25(17-15-23)34(41)42/h5-7,10-17,21-22,28-31,37-38H,8-9,18-20H2,1-4H3,(H,35,39)(H,36,40)(H,41,42). The Labute approximate surface area is 248 Å². The van der Waals surface area contributed by atoms with Crippen LogP contribution in [0.5, 0.6) is 0 Å². The molecule has 0 bridgehead atoms. The molecular weight excluding hydrogens is 532 g/mol. The van der Waals surface area contributed by atoms with Crippen LogP contribution >= 0.6 is 0 Å². The number of aliphatic hydroxyl groups excluding tert-OH is 2. The van der Waals surface area contributed by atoms with Crippen molar-refractivity contribution in [2.24, 2.45) is 17.8 Å². The van der Waals surface area contributed by atoms with Crippen molar-refractivity contribution in [3.8, 4) is 0 Å². The van der Waals surface area contributed by atoms with Crippen molar-refractivity contribution in [2.75, 3.05) is 6.54 Å². The lowest BCUT2D eigenvalue weighted by Crippen LogP contribution is -2.48. The number of hydrogen-bond acceptors (Lipinski definition) is 5. The fourth-order valence-corrected chi connectivity index (χ4v) is 5.27. The number of amides is 2. The smallest absolute Gasteiger partial charge is 0.335 e. The summed E-state index contributed by atoms with van der Waals surface area (Å²) < 4.78 is 0. The van der Waals surface area contributed by atoms with E-state index in [-0.39, 0.29) is 29.7 Å². The van der Waals surface area contributed by atoms with Gasteiger partial charge in [0.15, 0.2) is 6.10 Å². The molecule has 0 heterocycles. The Morgan fingerprint density at radius 2 is 1.48 bits per heavy atom. The molecule has 0 saturated heterocycles. The highest BCUT2D eigenvalue weighted by atomic mass is 16.4. The highest BCUT2D eigenvalue weighted by Gasteiger charge is 2.32. The second-order valence-corrected chi connectivity index (χ2v) is 11.8. The molecule has 4 unspecified atom stereocenters. The van der Waals surface area contributed by atoms with E-state index in [0.29, 0.717) is 31.4 Å². The summed E-state index contributed by atoms with van der Waals surface area (Å²) in [6, 6.07) is 19.0. The molecule has 2 amide bonds. The Morgan fingerprint density at radius 3 is 2.12 bits per heavy atom. The molecule has 0 spiro atoms. The molecule has 3 aromatic carbocycles. The van der Waals surface area contributed by atoms with Gasteiger partial charge in [-0.3, -0.25) is 9.59 Å².